The van der Waals surface area contributed by atoms with E-state index >= 15 is 0 Å². The van der Waals surface area contributed by atoms with Crippen LogP contribution >= 0.6 is 34.9 Å². The van der Waals surface area contributed by atoms with Gasteiger partial charge in [-0.3, -0.25) is 14.5 Å². The number of nitrogens with one attached hydrogen (secondary N) is 1. The Labute approximate surface area is 222 Å². The van der Waals surface area contributed by atoms with Crippen molar-refractivity contribution in [3.8, 4) is 5.75 Å². The molecule has 4 heterocycles. The van der Waals surface area contributed by atoms with E-state index in [1.165, 1.54) is 70.1 Å². The van der Waals surface area contributed by atoms with Crippen molar-refractivity contribution in [2.75, 3.05) is 11.5 Å². The molecular formula is C23H19FN4O6S3. The molecular weight excluding hydrogens is 543 g/mol. The summed E-state index contributed by atoms with van der Waals surface area (Å²) in [5.74, 6) is -1.10. The molecule has 2 N–H and O–H groups in total. The highest BCUT2D eigenvalue weighted by molar-refractivity contribution is 8.01. The number of carbonyl (C=O) groups excluding carboxylic acids is 2. The van der Waals surface area contributed by atoms with Crippen molar-refractivity contribution in [1.29, 1.82) is 0 Å². The molecule has 1 saturated heterocycles. The summed E-state index contributed by atoms with van der Waals surface area (Å²) in [6.07, 6.45) is 0. The Balaban J connectivity index is 1.20. The van der Waals surface area contributed by atoms with Gasteiger partial charge in [-0.1, -0.05) is 23.1 Å². The maximum atomic E-state index is 13.0. The highest BCUT2D eigenvalue weighted by atomic mass is 32.2. The molecule has 3 aromatic rings. The van der Waals surface area contributed by atoms with Crippen LogP contribution in [0.25, 0.3) is 0 Å². The molecule has 2 aromatic heterocycles. The fourth-order valence-corrected chi connectivity index (χ4v) is 7.06. The van der Waals surface area contributed by atoms with Gasteiger partial charge in [-0.25, -0.2) is 9.18 Å². The number of aliphatic carboxylic acids is 1. The first kappa shape index (κ1) is 25.3. The van der Waals surface area contributed by atoms with Crippen LogP contribution < -0.4 is 10.1 Å². The number of halogens is 1. The summed E-state index contributed by atoms with van der Waals surface area (Å²) < 4.78 is 24.8. The zero-order valence-electron chi connectivity index (χ0n) is 19.2. The highest BCUT2D eigenvalue weighted by Gasteiger charge is 2.54. The molecule has 0 saturated carbocycles. The van der Waals surface area contributed by atoms with Crippen LogP contribution in [-0.2, 0) is 16.2 Å². The van der Waals surface area contributed by atoms with Crippen LogP contribution in [0.5, 0.6) is 5.75 Å². The Morgan fingerprint density at radius 3 is 2.76 bits per heavy atom. The molecule has 192 valence electrons. The number of ether oxygens (including phenoxy) is 1. The Morgan fingerprint density at radius 2 is 2.05 bits per heavy atom. The van der Waals surface area contributed by atoms with E-state index in [1.807, 2.05) is 6.92 Å². The van der Waals surface area contributed by atoms with E-state index in [-0.39, 0.29) is 23.9 Å². The largest absolute Gasteiger partial charge is 0.486 e. The summed E-state index contributed by atoms with van der Waals surface area (Å²) in [5, 5.41) is 20.7. The number of carboxylic acids is 1. The topological polar surface area (TPSA) is 135 Å². The van der Waals surface area contributed by atoms with Crippen LogP contribution in [0.2, 0.25) is 0 Å². The lowest BCUT2D eigenvalue weighted by molar-refractivity contribution is -0.148. The Kier molecular flexibility index (Phi) is 7.22. The van der Waals surface area contributed by atoms with Crippen molar-refractivity contribution < 1.29 is 33.0 Å². The minimum absolute atomic E-state index is 0.0109. The number of benzene rings is 1. The van der Waals surface area contributed by atoms with Crippen molar-refractivity contribution in [3.05, 3.63) is 70.0 Å². The molecule has 0 unspecified atom stereocenters. The van der Waals surface area contributed by atoms with E-state index in [4.69, 9.17) is 9.15 Å². The van der Waals surface area contributed by atoms with Crippen LogP contribution in [0.4, 0.5) is 4.39 Å². The van der Waals surface area contributed by atoms with E-state index in [0.717, 1.165) is 9.35 Å². The number of hydrogen-bond acceptors (Lipinski definition) is 10. The molecule has 5 rings (SSSR count). The van der Waals surface area contributed by atoms with Crippen LogP contribution in [0.15, 0.2) is 56.4 Å². The predicted octanol–water partition coefficient (Wildman–Crippen LogP) is 3.30. The summed E-state index contributed by atoms with van der Waals surface area (Å²) in [6.45, 7) is 1.86. The average Bonchev–Trinajstić information content (AvgIpc) is 3.53. The summed E-state index contributed by atoms with van der Waals surface area (Å²) in [7, 11) is 0. The summed E-state index contributed by atoms with van der Waals surface area (Å²) in [6, 6.07) is 7.63. The number of fused-ring (bicyclic) bond motifs is 1. The predicted molar refractivity (Wildman–Crippen MR) is 134 cm³/mol. The highest BCUT2D eigenvalue weighted by Crippen LogP contribution is 2.41. The van der Waals surface area contributed by atoms with Crippen molar-refractivity contribution in [3.63, 3.8) is 0 Å². The Bertz CT molecular complexity index is 1390. The smallest absolute Gasteiger partial charge is 0.352 e. The third kappa shape index (κ3) is 5.36. The molecule has 2 aliphatic rings. The van der Waals surface area contributed by atoms with Gasteiger partial charge in [0.1, 0.15) is 46.1 Å². The van der Waals surface area contributed by atoms with Crippen molar-refractivity contribution in [2.45, 2.75) is 29.3 Å². The van der Waals surface area contributed by atoms with Gasteiger partial charge in [0.15, 0.2) is 10.1 Å². The van der Waals surface area contributed by atoms with Gasteiger partial charge in [0, 0.05) is 11.5 Å². The number of rotatable bonds is 9. The van der Waals surface area contributed by atoms with Gasteiger partial charge in [-0.15, -0.1) is 22.0 Å². The van der Waals surface area contributed by atoms with Gasteiger partial charge in [-0.2, -0.15) is 0 Å². The number of furan rings is 1. The summed E-state index contributed by atoms with van der Waals surface area (Å²) >= 11 is 4.18. The van der Waals surface area contributed by atoms with Crippen LogP contribution in [0.3, 0.4) is 0 Å². The van der Waals surface area contributed by atoms with Crippen LogP contribution in [0, 0.1) is 12.7 Å². The van der Waals surface area contributed by atoms with Crippen LogP contribution in [0.1, 0.15) is 21.3 Å². The lowest BCUT2D eigenvalue weighted by Gasteiger charge is -2.49. The molecule has 37 heavy (non-hydrogen) atoms. The number of aryl methyl sites for hydroxylation is 1. The molecule has 14 heteroatoms. The van der Waals surface area contributed by atoms with E-state index in [9.17, 15) is 23.9 Å². The van der Waals surface area contributed by atoms with Gasteiger partial charge < -0.3 is 19.6 Å². The monoisotopic (exact) mass is 562 g/mol. The van der Waals surface area contributed by atoms with Gasteiger partial charge in [0.25, 0.3) is 11.8 Å². The maximum absolute atomic E-state index is 13.0. The fourth-order valence-electron chi connectivity index (χ4n) is 3.76. The molecule has 2 amide bonds. The number of aromatic nitrogens is 2. The van der Waals surface area contributed by atoms with E-state index in [0.29, 0.717) is 28.6 Å². The van der Waals surface area contributed by atoms with Gasteiger partial charge in [-0.05, 0) is 48.9 Å². The van der Waals surface area contributed by atoms with Crippen LogP contribution in [-0.4, -0.2) is 60.9 Å². The molecule has 1 fully saturated rings. The van der Waals surface area contributed by atoms with E-state index in [2.05, 4.69) is 15.5 Å². The number of carbonyl (C=O) groups is 3. The third-order valence-corrected chi connectivity index (χ3v) is 8.89. The minimum Gasteiger partial charge on any atom is -0.486 e. The molecule has 10 nitrogen and oxygen atoms in total. The first-order valence-corrected chi connectivity index (χ1v) is 13.8. The molecule has 0 bridgehead atoms. The van der Waals surface area contributed by atoms with Crippen molar-refractivity contribution in [2.24, 2.45) is 0 Å². The second kappa shape index (κ2) is 10.6. The Morgan fingerprint density at radius 1 is 1.27 bits per heavy atom. The van der Waals surface area contributed by atoms with Crippen molar-refractivity contribution >= 4 is 52.6 Å². The van der Waals surface area contributed by atoms with E-state index in [1.54, 1.807) is 6.07 Å². The summed E-state index contributed by atoms with van der Waals surface area (Å²) in [4.78, 5) is 38.9. The average molecular weight is 563 g/mol. The zero-order valence-corrected chi connectivity index (χ0v) is 21.6. The number of amides is 2. The molecule has 2 aliphatic heterocycles. The number of thioether (sulfide) groups is 2. The van der Waals surface area contributed by atoms with Gasteiger partial charge in [0.05, 0.1) is 0 Å². The normalized spacial score (nSPS) is 18.9. The lowest BCUT2D eigenvalue weighted by Crippen LogP contribution is -2.70. The third-order valence-electron chi connectivity index (χ3n) is 5.49. The number of carboxylic acid groups (broad SMARTS) is 1. The quantitative estimate of drug-likeness (QED) is 0.295. The molecule has 1 aromatic carbocycles. The molecule has 0 spiro atoms. The van der Waals surface area contributed by atoms with Gasteiger partial charge in [0.2, 0.25) is 0 Å². The molecule has 2 atom stereocenters. The number of hydrogen-bond donors (Lipinski definition) is 2. The molecule has 0 radical (unpaired) electrons. The van der Waals surface area contributed by atoms with E-state index < -0.39 is 29.2 Å². The summed E-state index contributed by atoms with van der Waals surface area (Å²) in [5.41, 5.74) is 0.563. The maximum Gasteiger partial charge on any atom is 0.352 e. The number of nitrogens with zero attached hydrogens (tertiary/aromatic N) is 3. The first-order chi connectivity index (χ1) is 17.8. The standard InChI is InChI=1S/C23H19FN4O6S3/c1-11-26-27-23(37-11)36-10-12-9-35-21-17(20(30)28(21)18(12)22(31)32)25-19(29)16-7-6-15(34-16)8-33-14-4-2-13(24)3-5-14/h2-7,17,21H,8-10H2,1H3,(H,25,29)(H,31,32)/t17-,21-/m1/s1. The van der Waals surface area contributed by atoms with Gasteiger partial charge >= 0.3 is 5.97 Å². The van der Waals surface area contributed by atoms with Crippen molar-refractivity contribution in [1.82, 2.24) is 20.4 Å². The zero-order chi connectivity index (χ0) is 26.1. The number of β-lactam (4-membered cyclic amide) rings is 1. The minimum atomic E-state index is -1.19. The fraction of sp³-hybridized carbons (Fsp3) is 0.261. The molecule has 0 aliphatic carbocycles. The Hall–Kier alpha value is -3.36. The lowest BCUT2D eigenvalue weighted by atomic mass is 10.0. The first-order valence-electron chi connectivity index (χ1n) is 10.9. The SMILES string of the molecule is Cc1nnc(SCC2=C(C(=O)O)N3C(=O)[C@@H](NC(=O)c4ccc(COc5ccc(F)cc5)o4)[C@H]3SC2)s1. The second-order valence-corrected chi connectivity index (χ2v) is 11.5. The second-order valence-electron chi connectivity index (χ2n) is 8.00.